The van der Waals surface area contributed by atoms with Gasteiger partial charge in [-0.3, -0.25) is 4.79 Å². The molecule has 3 aromatic rings. The third-order valence-corrected chi connectivity index (χ3v) is 4.93. The van der Waals surface area contributed by atoms with E-state index in [1.54, 1.807) is 25.3 Å². The number of hydrogen-bond acceptors (Lipinski definition) is 4. The van der Waals surface area contributed by atoms with Gasteiger partial charge in [0.1, 0.15) is 5.75 Å². The van der Waals surface area contributed by atoms with Gasteiger partial charge >= 0.3 is 0 Å². The van der Waals surface area contributed by atoms with Crippen LogP contribution in [0, 0.1) is 0 Å². The number of nitrogens with zero attached hydrogens (tertiary/aromatic N) is 1. The fourth-order valence-electron chi connectivity index (χ4n) is 2.27. The van der Waals surface area contributed by atoms with Gasteiger partial charge in [-0.05, 0) is 29.8 Å². The summed E-state index contributed by atoms with van der Waals surface area (Å²) in [6.45, 7) is 0. The molecule has 3 rings (SSSR count). The Balaban J connectivity index is 1.70. The Morgan fingerprint density at radius 3 is 2.72 bits per heavy atom. The van der Waals surface area contributed by atoms with Crippen molar-refractivity contribution in [2.75, 3.05) is 12.4 Å². The summed E-state index contributed by atoms with van der Waals surface area (Å²) in [5.74, 6) is 0.440. The quantitative estimate of drug-likeness (QED) is 0.640. The predicted molar refractivity (Wildman–Crippen MR) is 103 cm³/mol. The third-order valence-electron chi connectivity index (χ3n) is 3.51. The van der Waals surface area contributed by atoms with Crippen LogP contribution >= 0.6 is 34.5 Å². The largest absolute Gasteiger partial charge is 0.495 e. The molecular weight excluding hydrogens is 379 g/mol. The summed E-state index contributed by atoms with van der Waals surface area (Å²) >= 11 is 13.6. The fourth-order valence-corrected chi connectivity index (χ4v) is 3.46. The lowest BCUT2D eigenvalue weighted by Gasteiger charge is -2.05. The van der Waals surface area contributed by atoms with E-state index in [9.17, 15) is 4.79 Å². The molecule has 0 radical (unpaired) electrons. The highest BCUT2D eigenvalue weighted by Gasteiger charge is 2.11. The first-order chi connectivity index (χ1) is 12.1. The number of benzene rings is 2. The highest BCUT2D eigenvalue weighted by molar-refractivity contribution is 7.14. The summed E-state index contributed by atoms with van der Waals surface area (Å²) < 4.78 is 5.14. The molecule has 7 heteroatoms. The molecule has 1 heterocycles. The van der Waals surface area contributed by atoms with Crippen molar-refractivity contribution < 1.29 is 9.53 Å². The van der Waals surface area contributed by atoms with Crippen LogP contribution in [0.1, 0.15) is 5.56 Å². The molecule has 1 amide bonds. The molecule has 0 unspecified atom stereocenters. The number of anilines is 1. The van der Waals surface area contributed by atoms with Crippen LogP contribution < -0.4 is 10.1 Å². The Morgan fingerprint density at radius 1 is 1.20 bits per heavy atom. The molecular formula is C18H14Cl2N2O2S. The van der Waals surface area contributed by atoms with E-state index in [1.165, 1.54) is 11.3 Å². The van der Waals surface area contributed by atoms with Gasteiger partial charge in [0.15, 0.2) is 5.13 Å². The molecule has 1 N–H and O–H groups in total. The summed E-state index contributed by atoms with van der Waals surface area (Å²) in [6.07, 6.45) is 0.197. The van der Waals surface area contributed by atoms with Crippen molar-refractivity contribution in [2.45, 2.75) is 6.42 Å². The van der Waals surface area contributed by atoms with Gasteiger partial charge in [0.2, 0.25) is 5.91 Å². The molecule has 0 saturated carbocycles. The van der Waals surface area contributed by atoms with Crippen molar-refractivity contribution in [3.8, 4) is 17.0 Å². The average molecular weight is 393 g/mol. The van der Waals surface area contributed by atoms with Crippen LogP contribution in [0.2, 0.25) is 10.0 Å². The maximum Gasteiger partial charge on any atom is 0.230 e. The average Bonchev–Trinajstić information content (AvgIpc) is 3.05. The minimum atomic E-state index is -0.165. The molecule has 0 saturated heterocycles. The van der Waals surface area contributed by atoms with Gasteiger partial charge in [0, 0.05) is 16.0 Å². The SMILES string of the molecule is COc1ccc(-c2csc(NC(=O)Cc3ccccc3Cl)n2)cc1Cl. The topological polar surface area (TPSA) is 51.2 Å². The minimum Gasteiger partial charge on any atom is -0.495 e. The van der Waals surface area contributed by atoms with E-state index in [-0.39, 0.29) is 12.3 Å². The van der Waals surface area contributed by atoms with Crippen molar-refractivity contribution in [1.29, 1.82) is 0 Å². The van der Waals surface area contributed by atoms with Crippen molar-refractivity contribution >= 4 is 45.6 Å². The lowest BCUT2D eigenvalue weighted by Crippen LogP contribution is -2.14. The van der Waals surface area contributed by atoms with Crippen LogP contribution in [0.25, 0.3) is 11.3 Å². The monoisotopic (exact) mass is 392 g/mol. The molecule has 0 fully saturated rings. The van der Waals surface area contributed by atoms with Gasteiger partial charge < -0.3 is 10.1 Å². The second kappa shape index (κ2) is 7.87. The van der Waals surface area contributed by atoms with Gasteiger partial charge in [-0.15, -0.1) is 11.3 Å². The normalized spacial score (nSPS) is 10.5. The summed E-state index contributed by atoms with van der Waals surface area (Å²) in [4.78, 5) is 16.6. The first-order valence-electron chi connectivity index (χ1n) is 7.39. The van der Waals surface area contributed by atoms with Crippen LogP contribution in [0.5, 0.6) is 5.75 Å². The number of methoxy groups -OCH3 is 1. The Labute approximate surface area is 159 Å². The van der Waals surface area contributed by atoms with E-state index in [0.717, 1.165) is 16.8 Å². The number of nitrogens with one attached hydrogen (secondary N) is 1. The zero-order chi connectivity index (χ0) is 17.8. The number of ether oxygens (including phenoxy) is 1. The maximum absolute atomic E-state index is 12.2. The highest BCUT2D eigenvalue weighted by atomic mass is 35.5. The molecule has 0 atom stereocenters. The van der Waals surface area contributed by atoms with Crippen LogP contribution in [0.4, 0.5) is 5.13 Å². The van der Waals surface area contributed by atoms with E-state index >= 15 is 0 Å². The molecule has 0 aliphatic heterocycles. The number of thiazole rings is 1. The van der Waals surface area contributed by atoms with E-state index < -0.39 is 0 Å². The summed E-state index contributed by atoms with van der Waals surface area (Å²) in [5, 5.41) is 6.27. The smallest absolute Gasteiger partial charge is 0.230 e. The number of aromatic nitrogens is 1. The van der Waals surface area contributed by atoms with Crippen molar-refractivity contribution in [2.24, 2.45) is 0 Å². The molecule has 128 valence electrons. The van der Waals surface area contributed by atoms with Gasteiger partial charge in [-0.1, -0.05) is 41.4 Å². The lowest BCUT2D eigenvalue weighted by atomic mass is 10.1. The number of halogens is 2. The van der Waals surface area contributed by atoms with Crippen molar-refractivity contribution in [3.63, 3.8) is 0 Å². The molecule has 4 nitrogen and oxygen atoms in total. The van der Waals surface area contributed by atoms with E-state index in [2.05, 4.69) is 10.3 Å². The number of hydrogen-bond donors (Lipinski definition) is 1. The molecule has 25 heavy (non-hydrogen) atoms. The first kappa shape index (κ1) is 17.7. The van der Waals surface area contributed by atoms with E-state index in [0.29, 0.717) is 20.9 Å². The number of amides is 1. The van der Waals surface area contributed by atoms with Crippen molar-refractivity contribution in [1.82, 2.24) is 4.98 Å². The number of carbonyl (C=O) groups is 1. The predicted octanol–water partition coefficient (Wildman–Crippen LogP) is 5.31. The zero-order valence-electron chi connectivity index (χ0n) is 13.3. The molecule has 0 aliphatic carbocycles. The van der Waals surface area contributed by atoms with Crippen LogP contribution in [0.15, 0.2) is 47.8 Å². The fraction of sp³-hybridized carbons (Fsp3) is 0.111. The molecule has 2 aromatic carbocycles. The Morgan fingerprint density at radius 2 is 2.00 bits per heavy atom. The second-order valence-corrected chi connectivity index (χ2v) is 6.88. The van der Waals surface area contributed by atoms with E-state index in [4.69, 9.17) is 27.9 Å². The number of rotatable bonds is 5. The van der Waals surface area contributed by atoms with Gasteiger partial charge in [0.05, 0.1) is 24.2 Å². The Hall–Kier alpha value is -2.08. The first-order valence-corrected chi connectivity index (χ1v) is 9.03. The minimum absolute atomic E-state index is 0.165. The molecule has 0 bridgehead atoms. The van der Waals surface area contributed by atoms with Crippen LogP contribution in [-0.4, -0.2) is 18.0 Å². The third kappa shape index (κ3) is 4.31. The van der Waals surface area contributed by atoms with Crippen LogP contribution in [-0.2, 0) is 11.2 Å². The van der Waals surface area contributed by atoms with E-state index in [1.807, 2.05) is 29.6 Å². The Bertz CT molecular complexity index is 912. The number of carbonyl (C=O) groups excluding carboxylic acids is 1. The lowest BCUT2D eigenvalue weighted by molar-refractivity contribution is -0.115. The molecule has 1 aromatic heterocycles. The maximum atomic E-state index is 12.2. The molecule has 0 aliphatic rings. The Kier molecular flexibility index (Phi) is 5.58. The van der Waals surface area contributed by atoms with Gasteiger partial charge in [-0.25, -0.2) is 4.98 Å². The van der Waals surface area contributed by atoms with Crippen molar-refractivity contribution in [3.05, 3.63) is 63.5 Å². The summed E-state index contributed by atoms with van der Waals surface area (Å²) in [5.41, 5.74) is 2.37. The van der Waals surface area contributed by atoms with Gasteiger partial charge in [0.25, 0.3) is 0 Å². The highest BCUT2D eigenvalue weighted by Crippen LogP contribution is 2.31. The van der Waals surface area contributed by atoms with Gasteiger partial charge in [-0.2, -0.15) is 0 Å². The summed E-state index contributed by atoms with van der Waals surface area (Å²) in [6, 6.07) is 12.7. The summed E-state index contributed by atoms with van der Waals surface area (Å²) in [7, 11) is 1.57. The van der Waals surface area contributed by atoms with Crippen LogP contribution in [0.3, 0.4) is 0 Å². The second-order valence-electron chi connectivity index (χ2n) is 5.20. The molecule has 0 spiro atoms. The standard InChI is InChI=1S/C18H14Cl2N2O2S/c1-24-16-7-6-12(8-14(16)20)15-10-25-18(21-15)22-17(23)9-11-4-2-3-5-13(11)19/h2-8,10H,9H2,1H3,(H,21,22,23). The zero-order valence-corrected chi connectivity index (χ0v) is 15.6.